The van der Waals surface area contributed by atoms with E-state index in [0.29, 0.717) is 5.92 Å². The van der Waals surface area contributed by atoms with Crippen LogP contribution in [0.1, 0.15) is 52.9 Å². The highest BCUT2D eigenvalue weighted by Gasteiger charge is 2.21. The molecule has 16 heavy (non-hydrogen) atoms. The van der Waals surface area contributed by atoms with E-state index in [0.717, 1.165) is 18.4 Å². The van der Waals surface area contributed by atoms with Gasteiger partial charge in [-0.1, -0.05) is 40.0 Å². The minimum Gasteiger partial charge on any atom is -0.395 e. The van der Waals surface area contributed by atoms with Crippen LogP contribution in [-0.2, 0) is 0 Å². The van der Waals surface area contributed by atoms with Crippen LogP contribution in [0, 0.1) is 17.8 Å². The summed E-state index contributed by atoms with van der Waals surface area (Å²) in [6, 6.07) is 0.280. The fraction of sp³-hybridized carbons (Fsp3) is 1.00. The molecule has 2 nitrogen and oxygen atoms in total. The SMILES string of the molecule is CCC1CCCC(CN[C@H](CO)C(C)C)C1. The zero-order chi connectivity index (χ0) is 12.0. The molecule has 1 fully saturated rings. The number of rotatable bonds is 6. The quantitative estimate of drug-likeness (QED) is 0.731. The van der Waals surface area contributed by atoms with Crippen LogP contribution in [0.15, 0.2) is 0 Å². The Balaban J connectivity index is 2.25. The monoisotopic (exact) mass is 227 g/mol. The number of nitrogens with one attached hydrogen (secondary N) is 1. The van der Waals surface area contributed by atoms with Crippen molar-refractivity contribution < 1.29 is 5.11 Å². The van der Waals surface area contributed by atoms with Crippen molar-refractivity contribution in [3.05, 3.63) is 0 Å². The van der Waals surface area contributed by atoms with Gasteiger partial charge in [0, 0.05) is 6.04 Å². The predicted molar refractivity (Wildman–Crippen MR) is 69.5 cm³/mol. The molecule has 1 aliphatic rings. The number of hydrogen-bond acceptors (Lipinski definition) is 2. The molecule has 0 aromatic heterocycles. The van der Waals surface area contributed by atoms with Crippen molar-refractivity contribution in [2.24, 2.45) is 17.8 Å². The van der Waals surface area contributed by atoms with Crippen molar-refractivity contribution in [1.29, 1.82) is 0 Å². The first-order chi connectivity index (χ1) is 7.67. The lowest BCUT2D eigenvalue weighted by atomic mass is 9.80. The first-order valence-corrected chi connectivity index (χ1v) is 7.01. The van der Waals surface area contributed by atoms with Crippen LogP contribution < -0.4 is 5.32 Å². The van der Waals surface area contributed by atoms with Crippen molar-refractivity contribution in [3.8, 4) is 0 Å². The maximum absolute atomic E-state index is 9.26. The van der Waals surface area contributed by atoms with E-state index in [4.69, 9.17) is 0 Å². The standard InChI is InChI=1S/C14H29NO/c1-4-12-6-5-7-13(8-12)9-15-14(10-16)11(2)3/h11-16H,4-10H2,1-3H3/t12?,13?,14-/m1/s1. The van der Waals surface area contributed by atoms with E-state index in [2.05, 4.69) is 26.1 Å². The Bertz CT molecular complexity index is 182. The van der Waals surface area contributed by atoms with E-state index >= 15 is 0 Å². The van der Waals surface area contributed by atoms with Crippen LogP contribution in [0.4, 0.5) is 0 Å². The lowest BCUT2D eigenvalue weighted by Crippen LogP contribution is -2.40. The van der Waals surface area contributed by atoms with Crippen LogP contribution in [0.25, 0.3) is 0 Å². The molecule has 0 radical (unpaired) electrons. The number of hydrogen-bond donors (Lipinski definition) is 2. The molecule has 0 saturated heterocycles. The molecule has 3 atom stereocenters. The highest BCUT2D eigenvalue weighted by atomic mass is 16.3. The molecule has 96 valence electrons. The molecule has 1 saturated carbocycles. The predicted octanol–water partition coefficient (Wildman–Crippen LogP) is 2.81. The van der Waals surface area contributed by atoms with Crippen molar-refractivity contribution in [2.45, 2.75) is 58.9 Å². The average molecular weight is 227 g/mol. The van der Waals surface area contributed by atoms with Crippen LogP contribution in [0.3, 0.4) is 0 Å². The topological polar surface area (TPSA) is 32.3 Å². The van der Waals surface area contributed by atoms with Gasteiger partial charge in [0.05, 0.1) is 6.61 Å². The lowest BCUT2D eigenvalue weighted by molar-refractivity contribution is 0.190. The summed E-state index contributed by atoms with van der Waals surface area (Å²) in [5, 5.41) is 12.8. The van der Waals surface area contributed by atoms with Gasteiger partial charge in [-0.15, -0.1) is 0 Å². The smallest absolute Gasteiger partial charge is 0.0587 e. The highest BCUT2D eigenvalue weighted by Crippen LogP contribution is 2.30. The maximum atomic E-state index is 9.26. The van der Waals surface area contributed by atoms with E-state index in [1.54, 1.807) is 0 Å². The maximum Gasteiger partial charge on any atom is 0.0587 e. The number of aliphatic hydroxyl groups is 1. The fourth-order valence-corrected chi connectivity index (χ4v) is 2.79. The molecule has 0 aromatic carbocycles. The second kappa shape index (κ2) is 7.29. The molecule has 0 amide bonds. The third-order valence-electron chi connectivity index (χ3n) is 4.14. The molecule has 1 rings (SSSR count). The van der Waals surface area contributed by atoms with Crippen LogP contribution in [0.5, 0.6) is 0 Å². The molecule has 0 aromatic rings. The van der Waals surface area contributed by atoms with Crippen molar-refractivity contribution >= 4 is 0 Å². The summed E-state index contributed by atoms with van der Waals surface area (Å²) in [5.74, 6) is 2.31. The number of aliphatic hydroxyl groups excluding tert-OH is 1. The van der Waals surface area contributed by atoms with Gasteiger partial charge in [-0.3, -0.25) is 0 Å². The van der Waals surface area contributed by atoms with Crippen LogP contribution >= 0.6 is 0 Å². The van der Waals surface area contributed by atoms with E-state index < -0.39 is 0 Å². The van der Waals surface area contributed by atoms with Crippen molar-refractivity contribution in [2.75, 3.05) is 13.2 Å². The lowest BCUT2D eigenvalue weighted by Gasteiger charge is -2.30. The van der Waals surface area contributed by atoms with Gasteiger partial charge >= 0.3 is 0 Å². The second-order valence-electron chi connectivity index (χ2n) is 5.75. The Morgan fingerprint density at radius 2 is 1.94 bits per heavy atom. The molecule has 1 aliphatic carbocycles. The zero-order valence-electron chi connectivity index (χ0n) is 11.2. The van der Waals surface area contributed by atoms with Gasteiger partial charge in [0.25, 0.3) is 0 Å². The Labute approximate surface area is 101 Å². The summed E-state index contributed by atoms with van der Waals surface area (Å²) in [6.45, 7) is 8.01. The van der Waals surface area contributed by atoms with Gasteiger partial charge in [-0.2, -0.15) is 0 Å². The van der Waals surface area contributed by atoms with Crippen molar-refractivity contribution in [1.82, 2.24) is 5.32 Å². The molecule has 0 aliphatic heterocycles. The first-order valence-electron chi connectivity index (χ1n) is 7.01. The summed E-state index contributed by atoms with van der Waals surface area (Å²) in [5.41, 5.74) is 0. The Morgan fingerprint density at radius 3 is 2.50 bits per heavy atom. The Kier molecular flexibility index (Phi) is 6.37. The normalized spacial score (nSPS) is 28.3. The van der Waals surface area contributed by atoms with E-state index in [9.17, 15) is 5.11 Å². The zero-order valence-corrected chi connectivity index (χ0v) is 11.2. The van der Waals surface area contributed by atoms with Crippen molar-refractivity contribution in [3.63, 3.8) is 0 Å². The molecule has 0 spiro atoms. The van der Waals surface area contributed by atoms with Crippen LogP contribution in [-0.4, -0.2) is 24.3 Å². The molecule has 2 N–H and O–H groups in total. The summed E-state index contributed by atoms with van der Waals surface area (Å²) in [7, 11) is 0. The molecule has 2 unspecified atom stereocenters. The summed E-state index contributed by atoms with van der Waals surface area (Å²) < 4.78 is 0. The summed E-state index contributed by atoms with van der Waals surface area (Å²) in [4.78, 5) is 0. The minimum absolute atomic E-state index is 0.265. The summed E-state index contributed by atoms with van der Waals surface area (Å²) >= 11 is 0. The van der Waals surface area contributed by atoms with E-state index in [1.165, 1.54) is 32.1 Å². The molecular weight excluding hydrogens is 198 g/mol. The van der Waals surface area contributed by atoms with E-state index in [1.807, 2.05) is 0 Å². The molecule has 2 heteroatoms. The molecule has 0 bridgehead atoms. The van der Waals surface area contributed by atoms with Gasteiger partial charge in [0.15, 0.2) is 0 Å². The van der Waals surface area contributed by atoms with Gasteiger partial charge in [-0.05, 0) is 37.1 Å². The van der Waals surface area contributed by atoms with Gasteiger partial charge in [0.2, 0.25) is 0 Å². The Hall–Kier alpha value is -0.0800. The van der Waals surface area contributed by atoms with E-state index in [-0.39, 0.29) is 12.6 Å². The minimum atomic E-state index is 0.265. The largest absolute Gasteiger partial charge is 0.395 e. The van der Waals surface area contributed by atoms with Crippen LogP contribution in [0.2, 0.25) is 0 Å². The first kappa shape index (κ1) is 14.0. The third kappa shape index (κ3) is 4.42. The van der Waals surface area contributed by atoms with Gasteiger partial charge in [0.1, 0.15) is 0 Å². The molecular formula is C14H29NO. The third-order valence-corrected chi connectivity index (χ3v) is 4.14. The summed E-state index contributed by atoms with van der Waals surface area (Å²) in [6.07, 6.45) is 6.93. The molecule has 0 heterocycles. The Morgan fingerprint density at radius 1 is 1.25 bits per heavy atom. The average Bonchev–Trinajstić information content (AvgIpc) is 2.29. The highest BCUT2D eigenvalue weighted by molar-refractivity contribution is 4.77. The second-order valence-corrected chi connectivity index (χ2v) is 5.75. The van der Waals surface area contributed by atoms with Gasteiger partial charge < -0.3 is 10.4 Å². The fourth-order valence-electron chi connectivity index (χ4n) is 2.79. The van der Waals surface area contributed by atoms with Gasteiger partial charge in [-0.25, -0.2) is 0 Å².